The molecule has 1 rings (SSSR count). The molecule has 0 saturated carbocycles. The van der Waals surface area contributed by atoms with Crippen molar-refractivity contribution in [2.75, 3.05) is 19.5 Å². The van der Waals surface area contributed by atoms with Crippen LogP contribution < -0.4 is 5.73 Å². The van der Waals surface area contributed by atoms with E-state index >= 15 is 0 Å². The van der Waals surface area contributed by atoms with Crippen molar-refractivity contribution in [1.82, 2.24) is 0 Å². The van der Waals surface area contributed by atoms with Gasteiger partial charge in [-0.05, 0) is 18.6 Å². The SMILES string of the molecule is COCCCC#Cc1ccccc1N. The Morgan fingerprint density at radius 1 is 1.36 bits per heavy atom. The quantitative estimate of drug-likeness (QED) is 0.448. The lowest BCUT2D eigenvalue weighted by Crippen LogP contribution is -1.89. The third kappa shape index (κ3) is 3.51. The Morgan fingerprint density at radius 2 is 2.14 bits per heavy atom. The van der Waals surface area contributed by atoms with Gasteiger partial charge in [0.25, 0.3) is 0 Å². The minimum absolute atomic E-state index is 0.742. The van der Waals surface area contributed by atoms with E-state index < -0.39 is 0 Å². The molecule has 0 saturated heterocycles. The monoisotopic (exact) mass is 189 g/mol. The standard InChI is InChI=1S/C12H15NO/c1-14-10-6-2-3-7-11-8-4-5-9-12(11)13/h4-5,8-9H,2,6,10,13H2,1H3. The fourth-order valence-corrected chi connectivity index (χ4v) is 1.07. The van der Waals surface area contributed by atoms with Crippen LogP contribution in [0.1, 0.15) is 18.4 Å². The van der Waals surface area contributed by atoms with Crippen LogP contribution in [-0.2, 0) is 4.74 Å². The number of methoxy groups -OCH3 is 1. The number of nitrogen functional groups attached to an aromatic ring is 1. The zero-order valence-electron chi connectivity index (χ0n) is 8.42. The van der Waals surface area contributed by atoms with Crippen molar-refractivity contribution < 1.29 is 4.74 Å². The predicted molar refractivity (Wildman–Crippen MR) is 58.8 cm³/mol. The molecule has 74 valence electrons. The Kier molecular flexibility index (Phi) is 4.60. The number of hydrogen-bond donors (Lipinski definition) is 1. The van der Waals surface area contributed by atoms with Gasteiger partial charge in [0.2, 0.25) is 0 Å². The van der Waals surface area contributed by atoms with Crippen molar-refractivity contribution in [3.63, 3.8) is 0 Å². The van der Waals surface area contributed by atoms with Gasteiger partial charge in [-0.1, -0.05) is 24.0 Å². The fraction of sp³-hybridized carbons (Fsp3) is 0.333. The van der Waals surface area contributed by atoms with E-state index in [0.29, 0.717) is 0 Å². The molecule has 14 heavy (non-hydrogen) atoms. The first kappa shape index (κ1) is 10.6. The predicted octanol–water partition coefficient (Wildman–Crippen LogP) is 2.05. The van der Waals surface area contributed by atoms with Crippen LogP contribution in [-0.4, -0.2) is 13.7 Å². The van der Waals surface area contributed by atoms with E-state index in [4.69, 9.17) is 10.5 Å². The van der Waals surface area contributed by atoms with Gasteiger partial charge < -0.3 is 10.5 Å². The summed E-state index contributed by atoms with van der Waals surface area (Å²) in [6.07, 6.45) is 1.82. The number of nitrogens with two attached hydrogens (primary N) is 1. The van der Waals surface area contributed by atoms with E-state index in [-0.39, 0.29) is 0 Å². The molecular weight excluding hydrogens is 174 g/mol. The van der Waals surface area contributed by atoms with Crippen molar-refractivity contribution >= 4 is 5.69 Å². The molecule has 0 aliphatic carbocycles. The number of anilines is 1. The molecule has 0 atom stereocenters. The molecule has 1 aromatic rings. The average molecular weight is 189 g/mol. The molecule has 0 unspecified atom stereocenters. The van der Waals surface area contributed by atoms with E-state index in [1.54, 1.807) is 7.11 Å². The highest BCUT2D eigenvalue weighted by Crippen LogP contribution is 2.08. The molecule has 2 N–H and O–H groups in total. The molecule has 0 aromatic heterocycles. The van der Waals surface area contributed by atoms with Crippen LogP contribution in [0.25, 0.3) is 0 Å². The van der Waals surface area contributed by atoms with Crippen molar-refractivity contribution in [1.29, 1.82) is 0 Å². The van der Waals surface area contributed by atoms with Gasteiger partial charge in [0, 0.05) is 31.4 Å². The maximum atomic E-state index is 5.73. The Labute approximate surface area is 85.1 Å². The van der Waals surface area contributed by atoms with Crippen LogP contribution in [0.15, 0.2) is 24.3 Å². The number of unbranched alkanes of at least 4 members (excludes halogenated alkanes) is 1. The smallest absolute Gasteiger partial charge is 0.0474 e. The molecule has 0 bridgehead atoms. The van der Waals surface area contributed by atoms with Crippen molar-refractivity contribution in [3.05, 3.63) is 29.8 Å². The van der Waals surface area contributed by atoms with Crippen molar-refractivity contribution in [2.24, 2.45) is 0 Å². The highest BCUT2D eigenvalue weighted by molar-refractivity contribution is 5.55. The second kappa shape index (κ2) is 6.06. The largest absolute Gasteiger partial charge is 0.398 e. The molecule has 1 aromatic carbocycles. The fourth-order valence-electron chi connectivity index (χ4n) is 1.07. The summed E-state index contributed by atoms with van der Waals surface area (Å²) in [7, 11) is 1.70. The second-order valence-corrected chi connectivity index (χ2v) is 2.99. The van der Waals surface area contributed by atoms with Gasteiger partial charge in [0.05, 0.1) is 0 Å². The molecule has 0 aliphatic rings. The summed E-state index contributed by atoms with van der Waals surface area (Å²) in [5, 5.41) is 0. The molecule has 0 amide bonds. The topological polar surface area (TPSA) is 35.2 Å². The summed E-state index contributed by atoms with van der Waals surface area (Å²) in [6.45, 7) is 0.763. The Bertz CT molecular complexity index is 336. The van der Waals surface area contributed by atoms with Crippen molar-refractivity contribution in [2.45, 2.75) is 12.8 Å². The first-order valence-corrected chi connectivity index (χ1v) is 4.67. The molecule has 0 aliphatic heterocycles. The minimum atomic E-state index is 0.742. The lowest BCUT2D eigenvalue weighted by Gasteiger charge is -1.95. The van der Waals surface area contributed by atoms with Gasteiger partial charge in [0.1, 0.15) is 0 Å². The van der Waals surface area contributed by atoms with Crippen LogP contribution in [0.5, 0.6) is 0 Å². The van der Waals surface area contributed by atoms with Crippen molar-refractivity contribution in [3.8, 4) is 11.8 Å². The summed E-state index contributed by atoms with van der Waals surface area (Å²) >= 11 is 0. The van der Waals surface area contributed by atoms with E-state index in [9.17, 15) is 0 Å². The van der Waals surface area contributed by atoms with Gasteiger partial charge in [-0.2, -0.15) is 0 Å². The maximum absolute atomic E-state index is 5.73. The van der Waals surface area contributed by atoms with E-state index in [0.717, 1.165) is 30.7 Å². The van der Waals surface area contributed by atoms with Crippen LogP contribution in [0.2, 0.25) is 0 Å². The lowest BCUT2D eigenvalue weighted by atomic mass is 10.2. The zero-order chi connectivity index (χ0) is 10.2. The highest BCUT2D eigenvalue weighted by Gasteiger charge is 1.90. The Hall–Kier alpha value is -1.46. The first-order chi connectivity index (χ1) is 6.84. The van der Waals surface area contributed by atoms with Gasteiger partial charge in [0.15, 0.2) is 0 Å². The summed E-state index contributed by atoms with van der Waals surface area (Å²) in [4.78, 5) is 0. The molecule has 2 nitrogen and oxygen atoms in total. The van der Waals surface area contributed by atoms with E-state index in [2.05, 4.69) is 11.8 Å². The summed E-state index contributed by atoms with van der Waals surface area (Å²) in [6, 6.07) is 7.64. The molecule has 0 radical (unpaired) electrons. The number of benzene rings is 1. The van der Waals surface area contributed by atoms with Gasteiger partial charge in [-0.25, -0.2) is 0 Å². The van der Waals surface area contributed by atoms with E-state index in [1.165, 1.54) is 0 Å². The summed E-state index contributed by atoms with van der Waals surface area (Å²) < 4.78 is 4.93. The second-order valence-electron chi connectivity index (χ2n) is 2.99. The van der Waals surface area contributed by atoms with Gasteiger partial charge in [-0.3, -0.25) is 0 Å². The Morgan fingerprint density at radius 3 is 2.86 bits per heavy atom. The normalized spacial score (nSPS) is 9.21. The van der Waals surface area contributed by atoms with Crippen LogP contribution in [0.4, 0.5) is 5.69 Å². The number of para-hydroxylation sites is 1. The van der Waals surface area contributed by atoms with Gasteiger partial charge in [-0.15, -0.1) is 0 Å². The molecule has 2 heteroatoms. The molecule has 0 fully saturated rings. The Balaban J connectivity index is 2.47. The summed E-state index contributed by atoms with van der Waals surface area (Å²) in [5.41, 5.74) is 7.38. The van der Waals surface area contributed by atoms with Crippen LogP contribution >= 0.6 is 0 Å². The average Bonchev–Trinajstić information content (AvgIpc) is 2.20. The molecule has 0 heterocycles. The molecular formula is C12H15NO. The minimum Gasteiger partial charge on any atom is -0.398 e. The van der Waals surface area contributed by atoms with Crippen LogP contribution in [0, 0.1) is 11.8 Å². The molecule has 0 spiro atoms. The van der Waals surface area contributed by atoms with E-state index in [1.807, 2.05) is 24.3 Å². The maximum Gasteiger partial charge on any atom is 0.0474 e. The highest BCUT2D eigenvalue weighted by atomic mass is 16.5. The third-order valence-electron chi connectivity index (χ3n) is 1.83. The van der Waals surface area contributed by atoms with Gasteiger partial charge >= 0.3 is 0 Å². The number of ether oxygens (including phenoxy) is 1. The third-order valence-corrected chi connectivity index (χ3v) is 1.83. The summed E-state index contributed by atoms with van der Waals surface area (Å²) in [5.74, 6) is 6.11. The first-order valence-electron chi connectivity index (χ1n) is 4.67. The number of hydrogen-bond acceptors (Lipinski definition) is 2. The lowest BCUT2D eigenvalue weighted by molar-refractivity contribution is 0.196. The van der Waals surface area contributed by atoms with Crippen LogP contribution in [0.3, 0.4) is 0 Å². The zero-order valence-corrected chi connectivity index (χ0v) is 8.42. The number of rotatable bonds is 3.